The van der Waals surface area contributed by atoms with E-state index in [4.69, 9.17) is 4.74 Å². The number of carbonyl (C=O) groups is 1. The lowest BCUT2D eigenvalue weighted by molar-refractivity contribution is -0.137. The van der Waals surface area contributed by atoms with E-state index in [1.54, 1.807) is 0 Å². The SMILES string of the molecule is Cc1ccc(CCNC(=O)N2CC3(CCC3)C2C2CCOCC2)nc1. The number of rotatable bonds is 4. The number of urea groups is 1. The van der Waals surface area contributed by atoms with Crippen molar-refractivity contribution in [3.8, 4) is 0 Å². The molecule has 4 rings (SSSR count). The van der Waals surface area contributed by atoms with Crippen molar-refractivity contribution < 1.29 is 9.53 Å². The van der Waals surface area contributed by atoms with Gasteiger partial charge in [0.2, 0.25) is 0 Å². The summed E-state index contributed by atoms with van der Waals surface area (Å²) in [6.45, 7) is 5.34. The Hall–Kier alpha value is -1.62. The van der Waals surface area contributed by atoms with Crippen LogP contribution in [0, 0.1) is 18.3 Å². The van der Waals surface area contributed by atoms with Crippen LogP contribution in [0.2, 0.25) is 0 Å². The number of aromatic nitrogens is 1. The molecule has 2 aliphatic heterocycles. The Balaban J connectivity index is 1.32. The van der Waals surface area contributed by atoms with Crippen LogP contribution in [-0.2, 0) is 11.2 Å². The number of aryl methyl sites for hydroxylation is 1. The van der Waals surface area contributed by atoms with Crippen molar-refractivity contribution in [1.29, 1.82) is 0 Å². The van der Waals surface area contributed by atoms with Crippen LogP contribution >= 0.6 is 0 Å². The molecule has 1 atom stereocenters. The van der Waals surface area contributed by atoms with Gasteiger partial charge in [-0.1, -0.05) is 12.5 Å². The van der Waals surface area contributed by atoms with Crippen molar-refractivity contribution in [1.82, 2.24) is 15.2 Å². The van der Waals surface area contributed by atoms with Crippen molar-refractivity contribution in [2.45, 2.75) is 51.5 Å². The number of carbonyl (C=O) groups excluding carboxylic acids is 1. The van der Waals surface area contributed by atoms with E-state index >= 15 is 0 Å². The van der Waals surface area contributed by atoms with Gasteiger partial charge in [0, 0.05) is 56.1 Å². The minimum Gasteiger partial charge on any atom is -0.381 e. The molecule has 3 aliphatic rings. The van der Waals surface area contributed by atoms with E-state index in [-0.39, 0.29) is 6.03 Å². The smallest absolute Gasteiger partial charge is 0.317 e. The Kier molecular flexibility index (Phi) is 4.67. The molecule has 136 valence electrons. The van der Waals surface area contributed by atoms with E-state index in [2.05, 4.69) is 21.3 Å². The zero-order valence-corrected chi connectivity index (χ0v) is 15.2. The van der Waals surface area contributed by atoms with Crippen molar-refractivity contribution in [3.05, 3.63) is 29.6 Å². The molecule has 1 aliphatic carbocycles. The standard InChI is InChI=1S/C20H29N3O2/c1-15-3-4-17(22-13-15)5-10-21-19(24)23-14-20(8-2-9-20)18(23)16-6-11-25-12-7-16/h3-4,13,16,18H,2,5-12,14H2,1H3,(H,21,24). The Morgan fingerprint density at radius 2 is 2.16 bits per heavy atom. The van der Waals surface area contributed by atoms with E-state index in [1.807, 2.05) is 19.2 Å². The zero-order chi connectivity index (χ0) is 17.3. The highest BCUT2D eigenvalue weighted by Gasteiger charge is 2.59. The summed E-state index contributed by atoms with van der Waals surface area (Å²) in [6.07, 6.45) is 8.79. The predicted molar refractivity (Wildman–Crippen MR) is 96.4 cm³/mol. The van der Waals surface area contributed by atoms with Crippen molar-refractivity contribution in [2.24, 2.45) is 11.3 Å². The molecule has 1 spiro atoms. The fourth-order valence-corrected chi connectivity index (χ4v) is 4.86. The Labute approximate surface area is 150 Å². The summed E-state index contributed by atoms with van der Waals surface area (Å²) in [6, 6.07) is 4.66. The molecular weight excluding hydrogens is 314 g/mol. The Morgan fingerprint density at radius 3 is 2.80 bits per heavy atom. The van der Waals surface area contributed by atoms with Gasteiger partial charge in [-0.2, -0.15) is 0 Å². The molecule has 1 unspecified atom stereocenters. The third kappa shape index (κ3) is 3.26. The van der Waals surface area contributed by atoms with Gasteiger partial charge in [-0.05, 0) is 50.2 Å². The molecule has 5 nitrogen and oxygen atoms in total. The summed E-state index contributed by atoms with van der Waals surface area (Å²) in [5, 5.41) is 3.12. The summed E-state index contributed by atoms with van der Waals surface area (Å²) in [4.78, 5) is 19.2. The topological polar surface area (TPSA) is 54.5 Å². The summed E-state index contributed by atoms with van der Waals surface area (Å²) >= 11 is 0. The maximum Gasteiger partial charge on any atom is 0.317 e. The van der Waals surface area contributed by atoms with Gasteiger partial charge < -0.3 is 15.0 Å². The van der Waals surface area contributed by atoms with Gasteiger partial charge in [-0.25, -0.2) is 4.79 Å². The van der Waals surface area contributed by atoms with Gasteiger partial charge >= 0.3 is 6.03 Å². The first kappa shape index (κ1) is 16.8. The quantitative estimate of drug-likeness (QED) is 0.914. The van der Waals surface area contributed by atoms with Crippen LogP contribution in [0.5, 0.6) is 0 Å². The number of pyridine rings is 1. The van der Waals surface area contributed by atoms with E-state index in [9.17, 15) is 4.79 Å². The third-order valence-electron chi connectivity index (χ3n) is 6.40. The van der Waals surface area contributed by atoms with Gasteiger partial charge in [0.05, 0.1) is 0 Å². The Bertz CT molecular complexity index is 606. The predicted octanol–water partition coefficient (Wildman–Crippen LogP) is 2.92. The maximum absolute atomic E-state index is 12.7. The van der Waals surface area contributed by atoms with Crippen molar-refractivity contribution in [3.63, 3.8) is 0 Å². The van der Waals surface area contributed by atoms with Crippen LogP contribution in [0.4, 0.5) is 4.79 Å². The molecule has 1 saturated carbocycles. The Morgan fingerprint density at radius 1 is 1.36 bits per heavy atom. The largest absolute Gasteiger partial charge is 0.381 e. The average Bonchev–Trinajstić information content (AvgIpc) is 2.55. The highest BCUT2D eigenvalue weighted by Crippen LogP contribution is 2.56. The number of likely N-dealkylation sites (tertiary alicyclic amines) is 1. The van der Waals surface area contributed by atoms with Gasteiger partial charge in [-0.3, -0.25) is 4.98 Å². The maximum atomic E-state index is 12.7. The first-order valence-corrected chi connectivity index (χ1v) is 9.72. The minimum atomic E-state index is 0.112. The van der Waals surface area contributed by atoms with Crippen LogP contribution < -0.4 is 5.32 Å². The molecular formula is C20H29N3O2. The van der Waals surface area contributed by atoms with Gasteiger partial charge in [0.15, 0.2) is 0 Å². The van der Waals surface area contributed by atoms with Gasteiger partial charge in [0.25, 0.3) is 0 Å². The van der Waals surface area contributed by atoms with E-state index < -0.39 is 0 Å². The molecule has 0 bridgehead atoms. The summed E-state index contributed by atoms with van der Waals surface area (Å²) in [7, 11) is 0. The fraction of sp³-hybridized carbons (Fsp3) is 0.700. The average molecular weight is 343 g/mol. The van der Waals surface area contributed by atoms with E-state index in [0.717, 1.165) is 44.7 Å². The molecule has 1 aromatic rings. The van der Waals surface area contributed by atoms with Crippen LogP contribution in [-0.4, -0.2) is 48.3 Å². The molecule has 2 saturated heterocycles. The van der Waals surface area contributed by atoms with Crippen molar-refractivity contribution in [2.75, 3.05) is 26.3 Å². The highest BCUT2D eigenvalue weighted by atomic mass is 16.5. The number of amides is 2. The van der Waals surface area contributed by atoms with Crippen molar-refractivity contribution >= 4 is 6.03 Å². The first-order valence-electron chi connectivity index (χ1n) is 9.72. The molecule has 25 heavy (non-hydrogen) atoms. The second-order valence-electron chi connectivity index (χ2n) is 8.05. The minimum absolute atomic E-state index is 0.112. The van der Waals surface area contributed by atoms with Crippen LogP contribution in [0.3, 0.4) is 0 Å². The van der Waals surface area contributed by atoms with E-state index in [0.29, 0.717) is 23.9 Å². The lowest BCUT2D eigenvalue weighted by atomic mass is 9.54. The summed E-state index contributed by atoms with van der Waals surface area (Å²) in [5.41, 5.74) is 2.63. The molecule has 1 aromatic heterocycles. The number of nitrogens with zero attached hydrogens (tertiary/aromatic N) is 2. The summed E-state index contributed by atoms with van der Waals surface area (Å²) < 4.78 is 5.53. The van der Waals surface area contributed by atoms with Crippen LogP contribution in [0.1, 0.15) is 43.4 Å². The molecule has 0 radical (unpaired) electrons. The number of hydrogen-bond acceptors (Lipinski definition) is 3. The third-order valence-corrected chi connectivity index (χ3v) is 6.40. The number of hydrogen-bond donors (Lipinski definition) is 1. The van der Waals surface area contributed by atoms with Gasteiger partial charge in [-0.15, -0.1) is 0 Å². The fourth-order valence-electron chi connectivity index (χ4n) is 4.86. The molecule has 0 aromatic carbocycles. The first-order chi connectivity index (χ1) is 12.2. The summed E-state index contributed by atoms with van der Waals surface area (Å²) in [5.74, 6) is 0.618. The van der Waals surface area contributed by atoms with Crippen LogP contribution in [0.25, 0.3) is 0 Å². The lowest BCUT2D eigenvalue weighted by Crippen LogP contribution is -2.72. The molecule has 3 fully saturated rings. The number of ether oxygens (including phenoxy) is 1. The molecule has 2 amide bonds. The second kappa shape index (κ2) is 6.94. The highest BCUT2D eigenvalue weighted by molar-refractivity contribution is 5.76. The number of nitrogens with one attached hydrogen (secondary N) is 1. The molecule has 5 heteroatoms. The molecule has 3 heterocycles. The lowest BCUT2D eigenvalue weighted by Gasteiger charge is -2.64. The van der Waals surface area contributed by atoms with Gasteiger partial charge in [0.1, 0.15) is 0 Å². The van der Waals surface area contributed by atoms with E-state index in [1.165, 1.54) is 24.8 Å². The van der Waals surface area contributed by atoms with Crippen LogP contribution in [0.15, 0.2) is 18.3 Å². The molecule has 1 N–H and O–H groups in total. The normalized spacial score (nSPS) is 25.3. The zero-order valence-electron chi connectivity index (χ0n) is 15.2. The monoisotopic (exact) mass is 343 g/mol. The second-order valence-corrected chi connectivity index (χ2v) is 8.05.